The largest absolute Gasteiger partial charge is 0.377 e. The number of guanidine groups is 1. The number of rotatable bonds is 8. The third kappa shape index (κ3) is 7.04. The zero-order chi connectivity index (χ0) is 18.7. The highest BCUT2D eigenvalue weighted by Gasteiger charge is 2.14. The van der Waals surface area contributed by atoms with Gasteiger partial charge in [-0.2, -0.15) is 0 Å². The Bertz CT molecular complexity index is 695. The summed E-state index contributed by atoms with van der Waals surface area (Å²) < 4.78 is 11.3. The second-order valence-electron chi connectivity index (χ2n) is 6.78. The quantitative estimate of drug-likeness (QED) is 0.424. The number of hydrogen-bond acceptors (Lipinski definition) is 3. The highest BCUT2D eigenvalue weighted by atomic mass is 16.5. The predicted octanol–water partition coefficient (Wildman–Crippen LogP) is 3.75. The number of benzene rings is 2. The van der Waals surface area contributed by atoms with Crippen LogP contribution in [0.2, 0.25) is 0 Å². The van der Waals surface area contributed by atoms with Crippen molar-refractivity contribution in [2.24, 2.45) is 4.99 Å². The number of nitrogens with zero attached hydrogens (tertiary/aromatic N) is 1. The maximum Gasteiger partial charge on any atom is 0.196 e. The van der Waals surface area contributed by atoms with Crippen LogP contribution >= 0.6 is 0 Å². The van der Waals surface area contributed by atoms with Gasteiger partial charge in [0.2, 0.25) is 0 Å². The van der Waals surface area contributed by atoms with E-state index < -0.39 is 0 Å². The lowest BCUT2D eigenvalue weighted by molar-refractivity contribution is 0.0191. The van der Waals surface area contributed by atoms with Crippen LogP contribution in [0.5, 0.6) is 0 Å². The van der Waals surface area contributed by atoms with E-state index in [0.717, 1.165) is 31.1 Å². The number of nitrogens with one attached hydrogen (secondary N) is 2. The van der Waals surface area contributed by atoms with Crippen molar-refractivity contribution in [3.63, 3.8) is 0 Å². The minimum Gasteiger partial charge on any atom is -0.377 e. The summed E-state index contributed by atoms with van der Waals surface area (Å²) in [4.78, 5) is 4.71. The van der Waals surface area contributed by atoms with Crippen molar-refractivity contribution in [3.8, 4) is 0 Å². The summed E-state index contributed by atoms with van der Waals surface area (Å²) in [6.07, 6.45) is 2.51. The molecule has 1 aliphatic rings. The molecule has 0 radical (unpaired) electrons. The normalized spacial score (nSPS) is 17.1. The minimum absolute atomic E-state index is 0.266. The lowest BCUT2D eigenvalue weighted by Gasteiger charge is -2.14. The molecule has 0 spiro atoms. The second kappa shape index (κ2) is 10.7. The van der Waals surface area contributed by atoms with Crippen LogP contribution in [0.25, 0.3) is 0 Å². The number of para-hydroxylation sites is 1. The smallest absolute Gasteiger partial charge is 0.196 e. The van der Waals surface area contributed by atoms with Gasteiger partial charge >= 0.3 is 0 Å². The lowest BCUT2D eigenvalue weighted by atomic mass is 10.1. The van der Waals surface area contributed by atoms with Gasteiger partial charge in [-0.1, -0.05) is 48.0 Å². The zero-order valence-electron chi connectivity index (χ0n) is 16.0. The Balaban J connectivity index is 1.50. The van der Waals surface area contributed by atoms with Gasteiger partial charge in [0, 0.05) is 18.8 Å². The summed E-state index contributed by atoms with van der Waals surface area (Å²) in [5, 5.41) is 6.70. The molecule has 27 heavy (non-hydrogen) atoms. The van der Waals surface area contributed by atoms with Crippen molar-refractivity contribution in [1.29, 1.82) is 0 Å². The molecular weight excluding hydrogens is 338 g/mol. The van der Waals surface area contributed by atoms with Crippen LogP contribution < -0.4 is 10.6 Å². The molecule has 2 aromatic rings. The number of aliphatic imine (C=N–C) groups is 1. The minimum atomic E-state index is 0.266. The fourth-order valence-corrected chi connectivity index (χ4v) is 2.89. The number of ether oxygens (including phenoxy) is 2. The molecule has 1 unspecified atom stereocenters. The molecule has 0 aliphatic carbocycles. The molecule has 0 bridgehead atoms. The molecule has 0 saturated carbocycles. The number of anilines is 1. The molecule has 2 N–H and O–H groups in total. The molecule has 1 fully saturated rings. The topological polar surface area (TPSA) is 54.9 Å². The van der Waals surface area contributed by atoms with Crippen molar-refractivity contribution in [1.82, 2.24) is 5.32 Å². The molecule has 1 heterocycles. The van der Waals surface area contributed by atoms with E-state index in [4.69, 9.17) is 14.5 Å². The average Bonchev–Trinajstić information content (AvgIpc) is 3.21. The van der Waals surface area contributed by atoms with Crippen molar-refractivity contribution in [2.75, 3.05) is 31.7 Å². The van der Waals surface area contributed by atoms with Crippen molar-refractivity contribution >= 4 is 11.6 Å². The van der Waals surface area contributed by atoms with Crippen LogP contribution in [0.1, 0.15) is 24.0 Å². The van der Waals surface area contributed by atoms with Crippen molar-refractivity contribution in [3.05, 3.63) is 65.7 Å². The standard InChI is InChI=1S/C22H29N3O2/c1-18-9-11-19(12-10-18)16-24-22(25-20-6-3-2-4-7-20)23-13-15-26-17-21-8-5-14-27-21/h2-4,6-7,9-12,21H,5,8,13-17H2,1H3,(H2,23,24,25). The van der Waals surface area contributed by atoms with Crippen LogP contribution in [0.3, 0.4) is 0 Å². The van der Waals surface area contributed by atoms with E-state index in [1.165, 1.54) is 11.1 Å². The summed E-state index contributed by atoms with van der Waals surface area (Å²) in [7, 11) is 0. The maximum absolute atomic E-state index is 5.72. The molecule has 5 nitrogen and oxygen atoms in total. The average molecular weight is 367 g/mol. The van der Waals surface area contributed by atoms with E-state index in [0.29, 0.717) is 26.3 Å². The second-order valence-corrected chi connectivity index (χ2v) is 6.78. The Morgan fingerprint density at radius 3 is 2.70 bits per heavy atom. The van der Waals surface area contributed by atoms with Crippen LogP contribution in [-0.2, 0) is 16.0 Å². The summed E-state index contributed by atoms with van der Waals surface area (Å²) in [5.41, 5.74) is 3.45. The summed E-state index contributed by atoms with van der Waals surface area (Å²) in [6, 6.07) is 18.5. The van der Waals surface area contributed by atoms with E-state index in [9.17, 15) is 0 Å². The molecule has 0 aromatic heterocycles. The van der Waals surface area contributed by atoms with Crippen LogP contribution in [0.15, 0.2) is 59.6 Å². The Labute approximate surface area is 161 Å². The molecule has 1 atom stereocenters. The summed E-state index contributed by atoms with van der Waals surface area (Å²) in [6.45, 7) is 5.57. The van der Waals surface area contributed by atoms with Gasteiger partial charge in [-0.05, 0) is 37.5 Å². The first-order valence-electron chi connectivity index (χ1n) is 9.65. The molecule has 1 saturated heterocycles. The Kier molecular flexibility index (Phi) is 7.69. The Morgan fingerprint density at radius 2 is 1.96 bits per heavy atom. The van der Waals surface area contributed by atoms with Gasteiger partial charge in [0.15, 0.2) is 5.96 Å². The maximum atomic E-state index is 5.72. The van der Waals surface area contributed by atoms with E-state index >= 15 is 0 Å². The highest BCUT2D eigenvalue weighted by molar-refractivity contribution is 5.93. The molecular formula is C22H29N3O2. The molecule has 3 rings (SSSR count). The fraction of sp³-hybridized carbons (Fsp3) is 0.409. The first-order chi connectivity index (χ1) is 13.3. The zero-order valence-corrected chi connectivity index (χ0v) is 16.0. The number of hydrogen-bond donors (Lipinski definition) is 2. The Morgan fingerprint density at radius 1 is 1.15 bits per heavy atom. The van der Waals surface area contributed by atoms with E-state index in [-0.39, 0.29) is 6.10 Å². The molecule has 144 valence electrons. The monoisotopic (exact) mass is 367 g/mol. The van der Waals surface area contributed by atoms with Gasteiger partial charge in [-0.15, -0.1) is 0 Å². The van der Waals surface area contributed by atoms with Crippen LogP contribution in [-0.4, -0.2) is 38.4 Å². The summed E-state index contributed by atoms with van der Waals surface area (Å²) >= 11 is 0. The fourth-order valence-electron chi connectivity index (χ4n) is 2.89. The van der Waals surface area contributed by atoms with Crippen LogP contribution in [0.4, 0.5) is 5.69 Å². The molecule has 1 aliphatic heterocycles. The third-order valence-corrected chi connectivity index (χ3v) is 4.44. The van der Waals surface area contributed by atoms with E-state index in [1.54, 1.807) is 0 Å². The molecule has 2 aromatic carbocycles. The third-order valence-electron chi connectivity index (χ3n) is 4.44. The molecule has 0 amide bonds. The highest BCUT2D eigenvalue weighted by Crippen LogP contribution is 2.11. The van der Waals surface area contributed by atoms with Gasteiger partial charge in [-0.3, -0.25) is 0 Å². The summed E-state index contributed by atoms with van der Waals surface area (Å²) in [5.74, 6) is 0.752. The van der Waals surface area contributed by atoms with Gasteiger partial charge in [0.1, 0.15) is 0 Å². The lowest BCUT2D eigenvalue weighted by Crippen LogP contribution is -2.34. The predicted molar refractivity (Wildman–Crippen MR) is 110 cm³/mol. The van der Waals surface area contributed by atoms with E-state index in [2.05, 4.69) is 41.8 Å². The number of aryl methyl sites for hydroxylation is 1. The van der Waals surface area contributed by atoms with E-state index in [1.807, 2.05) is 30.3 Å². The van der Waals surface area contributed by atoms with Crippen molar-refractivity contribution in [2.45, 2.75) is 32.4 Å². The first kappa shape index (κ1) is 19.4. The SMILES string of the molecule is Cc1ccc(CN=C(NCCOCC2CCCO2)Nc2ccccc2)cc1. The van der Waals surface area contributed by atoms with Gasteiger partial charge in [0.25, 0.3) is 0 Å². The first-order valence-corrected chi connectivity index (χ1v) is 9.65. The van der Waals surface area contributed by atoms with Crippen LogP contribution in [0, 0.1) is 6.92 Å². The Hall–Kier alpha value is -2.37. The van der Waals surface area contributed by atoms with Crippen molar-refractivity contribution < 1.29 is 9.47 Å². The van der Waals surface area contributed by atoms with Gasteiger partial charge in [-0.25, -0.2) is 4.99 Å². The van der Waals surface area contributed by atoms with Gasteiger partial charge < -0.3 is 20.1 Å². The molecule has 5 heteroatoms. The van der Waals surface area contributed by atoms with Gasteiger partial charge in [0.05, 0.1) is 25.9 Å².